The van der Waals surface area contributed by atoms with Crippen molar-refractivity contribution in [3.63, 3.8) is 0 Å². The highest BCUT2D eigenvalue weighted by molar-refractivity contribution is 5.93. The number of aryl methyl sites for hydroxylation is 1. The largest absolute Gasteiger partial charge is 0.352 e. The maximum atomic E-state index is 12.1. The smallest absolute Gasteiger partial charge is 0.254 e. The number of pyridine rings is 1. The lowest BCUT2D eigenvalue weighted by Gasteiger charge is -2.25. The van der Waals surface area contributed by atoms with E-state index in [1.807, 2.05) is 12.3 Å². The first-order chi connectivity index (χ1) is 10.6. The van der Waals surface area contributed by atoms with E-state index in [-0.39, 0.29) is 5.91 Å². The maximum Gasteiger partial charge on any atom is 0.254 e. The molecule has 22 heavy (non-hydrogen) atoms. The zero-order valence-corrected chi connectivity index (χ0v) is 12.9. The Bertz CT molecular complexity index is 639. The summed E-state index contributed by atoms with van der Waals surface area (Å²) in [5.41, 5.74) is 1.81. The first-order valence-corrected chi connectivity index (χ1v) is 7.52. The monoisotopic (exact) mass is 299 g/mol. The molecular formula is C16H21N5O. The number of hydrogen-bond acceptors (Lipinski definition) is 4. The Hall–Kier alpha value is -2.21. The van der Waals surface area contributed by atoms with Crippen molar-refractivity contribution in [2.24, 2.45) is 13.0 Å². The van der Waals surface area contributed by atoms with Crippen LogP contribution in [0.5, 0.6) is 0 Å². The molecule has 116 valence electrons. The third-order valence-electron chi connectivity index (χ3n) is 4.29. The van der Waals surface area contributed by atoms with Crippen LogP contribution in [0.3, 0.4) is 0 Å². The van der Waals surface area contributed by atoms with E-state index in [0.29, 0.717) is 24.1 Å². The van der Waals surface area contributed by atoms with Gasteiger partial charge in [-0.05, 0) is 37.6 Å². The van der Waals surface area contributed by atoms with Crippen molar-refractivity contribution in [3.8, 4) is 0 Å². The highest BCUT2D eigenvalue weighted by Gasteiger charge is 2.33. The lowest BCUT2D eigenvalue weighted by Crippen LogP contribution is -2.32. The number of aromatic nitrogens is 3. The Balaban J connectivity index is 1.65. The fourth-order valence-corrected chi connectivity index (χ4v) is 3.18. The summed E-state index contributed by atoms with van der Waals surface area (Å²) < 4.78 is 1.64. The van der Waals surface area contributed by atoms with Crippen molar-refractivity contribution in [2.75, 3.05) is 20.1 Å². The van der Waals surface area contributed by atoms with E-state index >= 15 is 0 Å². The molecular weight excluding hydrogens is 278 g/mol. The summed E-state index contributed by atoms with van der Waals surface area (Å²) in [7, 11) is 3.93. The Morgan fingerprint density at radius 3 is 2.95 bits per heavy atom. The Morgan fingerprint density at radius 1 is 1.41 bits per heavy atom. The Labute approximate surface area is 130 Å². The molecule has 1 saturated heterocycles. The van der Waals surface area contributed by atoms with Gasteiger partial charge in [-0.2, -0.15) is 5.10 Å². The minimum Gasteiger partial charge on any atom is -0.352 e. The summed E-state index contributed by atoms with van der Waals surface area (Å²) in [6, 6.07) is 4.38. The van der Waals surface area contributed by atoms with Crippen LogP contribution in [0, 0.1) is 5.92 Å². The summed E-state index contributed by atoms with van der Waals surface area (Å²) in [4.78, 5) is 18.7. The quantitative estimate of drug-likeness (QED) is 0.922. The van der Waals surface area contributed by atoms with Crippen LogP contribution in [0.2, 0.25) is 0 Å². The molecule has 3 rings (SSSR count). The summed E-state index contributed by atoms with van der Waals surface area (Å²) in [5, 5.41) is 7.07. The van der Waals surface area contributed by atoms with Gasteiger partial charge in [-0.1, -0.05) is 6.07 Å². The minimum atomic E-state index is -0.0624. The number of nitrogens with zero attached hydrogens (tertiary/aromatic N) is 4. The SMILES string of the molecule is CN1CC[C@@H](CNC(=O)c2cnn(C)c2)[C@@H]1c1cccnc1. The van der Waals surface area contributed by atoms with Gasteiger partial charge < -0.3 is 5.32 Å². The second-order valence-electron chi connectivity index (χ2n) is 5.87. The van der Waals surface area contributed by atoms with Crippen LogP contribution in [-0.4, -0.2) is 45.7 Å². The topological polar surface area (TPSA) is 63.1 Å². The highest BCUT2D eigenvalue weighted by atomic mass is 16.1. The third-order valence-corrected chi connectivity index (χ3v) is 4.29. The number of amides is 1. The summed E-state index contributed by atoms with van der Waals surface area (Å²) >= 11 is 0. The third kappa shape index (κ3) is 3.01. The molecule has 2 atom stereocenters. The van der Waals surface area contributed by atoms with E-state index in [4.69, 9.17) is 0 Å². The van der Waals surface area contributed by atoms with Crippen molar-refractivity contribution in [1.29, 1.82) is 0 Å². The van der Waals surface area contributed by atoms with Crippen molar-refractivity contribution in [1.82, 2.24) is 25.0 Å². The average Bonchev–Trinajstić information content (AvgIpc) is 3.12. The zero-order valence-electron chi connectivity index (χ0n) is 12.9. The van der Waals surface area contributed by atoms with Gasteiger partial charge in [0.15, 0.2) is 0 Å². The van der Waals surface area contributed by atoms with Crippen LogP contribution < -0.4 is 5.32 Å². The molecule has 1 aliphatic heterocycles. The van der Waals surface area contributed by atoms with Crippen LogP contribution in [0.1, 0.15) is 28.4 Å². The molecule has 1 N–H and O–H groups in total. The molecule has 6 heteroatoms. The minimum absolute atomic E-state index is 0.0624. The first-order valence-electron chi connectivity index (χ1n) is 7.52. The molecule has 3 heterocycles. The molecule has 1 aliphatic rings. The van der Waals surface area contributed by atoms with Crippen molar-refractivity contribution < 1.29 is 4.79 Å². The molecule has 0 saturated carbocycles. The van der Waals surface area contributed by atoms with E-state index in [9.17, 15) is 4.79 Å². The van der Waals surface area contributed by atoms with Crippen molar-refractivity contribution in [2.45, 2.75) is 12.5 Å². The van der Waals surface area contributed by atoms with Crippen LogP contribution in [0.25, 0.3) is 0 Å². The summed E-state index contributed by atoms with van der Waals surface area (Å²) in [5.74, 6) is 0.336. The van der Waals surface area contributed by atoms with Gasteiger partial charge in [0.05, 0.1) is 11.8 Å². The predicted octanol–water partition coefficient (Wildman–Crippen LogP) is 1.24. The van der Waals surface area contributed by atoms with Crippen molar-refractivity contribution >= 4 is 5.91 Å². The number of rotatable bonds is 4. The number of carbonyl (C=O) groups excluding carboxylic acids is 1. The van der Waals surface area contributed by atoms with Crippen LogP contribution in [0.4, 0.5) is 0 Å². The van der Waals surface area contributed by atoms with Gasteiger partial charge in [-0.25, -0.2) is 0 Å². The fraction of sp³-hybridized carbons (Fsp3) is 0.438. The zero-order chi connectivity index (χ0) is 15.5. The summed E-state index contributed by atoms with van der Waals surface area (Å²) in [6.45, 7) is 1.70. The predicted molar refractivity (Wildman–Crippen MR) is 83.3 cm³/mol. The molecule has 0 aromatic carbocycles. The maximum absolute atomic E-state index is 12.1. The van der Waals surface area contributed by atoms with Gasteiger partial charge in [0.2, 0.25) is 0 Å². The molecule has 0 radical (unpaired) electrons. The van der Waals surface area contributed by atoms with E-state index in [1.165, 1.54) is 5.56 Å². The lowest BCUT2D eigenvalue weighted by molar-refractivity contribution is 0.0943. The number of carbonyl (C=O) groups is 1. The lowest BCUT2D eigenvalue weighted by atomic mass is 9.94. The second kappa shape index (κ2) is 6.27. The fourth-order valence-electron chi connectivity index (χ4n) is 3.18. The van der Waals surface area contributed by atoms with Gasteiger partial charge in [0.25, 0.3) is 5.91 Å². The number of nitrogens with one attached hydrogen (secondary N) is 1. The average molecular weight is 299 g/mol. The van der Waals surface area contributed by atoms with Crippen LogP contribution in [0.15, 0.2) is 36.9 Å². The normalized spacial score (nSPS) is 21.9. The van der Waals surface area contributed by atoms with Crippen molar-refractivity contribution in [3.05, 3.63) is 48.0 Å². The Kier molecular flexibility index (Phi) is 4.20. The first kappa shape index (κ1) is 14.7. The van der Waals surface area contributed by atoms with Gasteiger partial charge in [0.1, 0.15) is 0 Å². The van der Waals surface area contributed by atoms with Gasteiger partial charge in [0, 0.05) is 38.2 Å². The Morgan fingerprint density at radius 2 is 2.27 bits per heavy atom. The second-order valence-corrected chi connectivity index (χ2v) is 5.87. The molecule has 0 unspecified atom stereocenters. The van der Waals surface area contributed by atoms with Crippen LogP contribution in [-0.2, 0) is 7.05 Å². The standard InChI is InChI=1S/C16H21N5O/c1-20-7-5-13(15(20)12-4-3-6-17-8-12)9-18-16(22)14-10-19-21(2)11-14/h3-4,6,8,10-11,13,15H,5,7,9H2,1-2H3,(H,18,22)/t13-,15-/m0/s1. The van der Waals surface area contributed by atoms with Crippen LogP contribution >= 0.6 is 0 Å². The van der Waals surface area contributed by atoms with E-state index in [1.54, 1.807) is 30.3 Å². The molecule has 1 amide bonds. The van der Waals surface area contributed by atoms with Gasteiger partial charge in [-0.3, -0.25) is 19.4 Å². The molecule has 0 aliphatic carbocycles. The number of likely N-dealkylation sites (tertiary alicyclic amines) is 1. The number of hydrogen-bond donors (Lipinski definition) is 1. The van der Waals surface area contributed by atoms with Gasteiger partial charge in [-0.15, -0.1) is 0 Å². The summed E-state index contributed by atoms with van der Waals surface area (Å²) in [6.07, 6.45) is 8.10. The van der Waals surface area contributed by atoms with Gasteiger partial charge >= 0.3 is 0 Å². The van der Waals surface area contributed by atoms with E-state index in [2.05, 4.69) is 33.4 Å². The molecule has 0 bridgehead atoms. The van der Waals surface area contributed by atoms with E-state index < -0.39 is 0 Å². The molecule has 2 aromatic rings. The molecule has 1 fully saturated rings. The molecule has 2 aromatic heterocycles. The molecule has 6 nitrogen and oxygen atoms in total. The van der Waals surface area contributed by atoms with E-state index in [0.717, 1.165) is 13.0 Å². The highest BCUT2D eigenvalue weighted by Crippen LogP contribution is 2.35. The molecule has 0 spiro atoms.